The molecular weight excluding hydrogens is 246 g/mol. The molecule has 0 N–H and O–H groups in total. The fraction of sp³-hybridized carbons (Fsp3) is 0.0909. The van der Waals surface area contributed by atoms with Crippen LogP contribution in [-0.4, -0.2) is 0 Å². The molecule has 0 saturated carbocycles. The van der Waals surface area contributed by atoms with Gasteiger partial charge in [0, 0.05) is 23.1 Å². The quantitative estimate of drug-likeness (QED) is 0.555. The zero-order chi connectivity index (χ0) is 12.5. The molecule has 0 fully saturated rings. The van der Waals surface area contributed by atoms with Gasteiger partial charge in [-0.1, -0.05) is 0 Å². The van der Waals surface area contributed by atoms with Gasteiger partial charge in [0.25, 0.3) is 0 Å². The van der Waals surface area contributed by atoms with Gasteiger partial charge >= 0.3 is 0 Å². The van der Waals surface area contributed by atoms with Crippen LogP contribution in [0.25, 0.3) is 0 Å². The van der Waals surface area contributed by atoms with Crippen LogP contribution in [0.3, 0.4) is 0 Å². The largest absolute Gasteiger partial charge is 0.208 e. The summed E-state index contributed by atoms with van der Waals surface area (Å²) in [6.45, 7) is 0. The first-order valence-electron chi connectivity index (χ1n) is 4.59. The summed E-state index contributed by atoms with van der Waals surface area (Å²) in [5.74, 6) is -9.31. The summed E-state index contributed by atoms with van der Waals surface area (Å²) in [6.07, 6.45) is -0.706. The van der Waals surface area contributed by atoms with Crippen LogP contribution in [0.4, 0.5) is 26.3 Å². The van der Waals surface area contributed by atoms with Gasteiger partial charge in [-0.2, -0.15) is 0 Å². The van der Waals surface area contributed by atoms with E-state index in [2.05, 4.69) is 0 Å². The number of allylic oxidation sites excluding steroid dienone is 10. The summed E-state index contributed by atoms with van der Waals surface area (Å²) in [6, 6.07) is 0. The average Bonchev–Trinajstić information content (AvgIpc) is 2.81. The lowest BCUT2D eigenvalue weighted by Gasteiger charge is -2.01. The molecular formula is C11H2F6. The first-order chi connectivity index (χ1) is 7.95. The molecule has 0 atom stereocenters. The Balaban J connectivity index is 2.29. The highest BCUT2D eigenvalue weighted by molar-refractivity contribution is 5.79. The Bertz CT molecular complexity index is 626. The second-order valence-electron chi connectivity index (χ2n) is 3.76. The van der Waals surface area contributed by atoms with Crippen molar-refractivity contribution in [2.24, 2.45) is 0 Å². The van der Waals surface area contributed by atoms with E-state index >= 15 is 0 Å². The Morgan fingerprint density at radius 3 is 1.82 bits per heavy atom. The SMILES string of the molecule is FC1=C(F)C2=C(C1)C(F)=C1C(F)=C(F)C(F)=C12. The lowest BCUT2D eigenvalue weighted by molar-refractivity contribution is 0.510. The predicted molar refractivity (Wildman–Crippen MR) is 46.4 cm³/mol. The molecule has 17 heavy (non-hydrogen) atoms. The fourth-order valence-electron chi connectivity index (χ4n) is 2.16. The third-order valence-corrected chi connectivity index (χ3v) is 2.90. The van der Waals surface area contributed by atoms with Crippen LogP contribution in [0.15, 0.2) is 57.3 Å². The van der Waals surface area contributed by atoms with E-state index in [0.29, 0.717) is 0 Å². The Morgan fingerprint density at radius 2 is 1.18 bits per heavy atom. The molecule has 0 saturated heterocycles. The molecule has 0 unspecified atom stereocenters. The first kappa shape index (κ1) is 10.4. The van der Waals surface area contributed by atoms with Crippen LogP contribution in [0.5, 0.6) is 0 Å². The van der Waals surface area contributed by atoms with Gasteiger partial charge in [0.1, 0.15) is 11.7 Å². The van der Waals surface area contributed by atoms with E-state index in [9.17, 15) is 26.3 Å². The monoisotopic (exact) mass is 248 g/mol. The molecule has 0 aromatic rings. The minimum atomic E-state index is -1.88. The van der Waals surface area contributed by atoms with E-state index < -0.39 is 63.7 Å². The topological polar surface area (TPSA) is 0 Å². The van der Waals surface area contributed by atoms with Gasteiger partial charge < -0.3 is 0 Å². The maximum Gasteiger partial charge on any atom is 0.195 e. The van der Waals surface area contributed by atoms with Crippen LogP contribution in [-0.2, 0) is 0 Å². The van der Waals surface area contributed by atoms with Gasteiger partial charge in [-0.15, -0.1) is 0 Å². The van der Waals surface area contributed by atoms with Crippen molar-refractivity contribution in [3.8, 4) is 0 Å². The van der Waals surface area contributed by atoms with Crippen molar-refractivity contribution < 1.29 is 26.3 Å². The van der Waals surface area contributed by atoms with E-state index in [0.717, 1.165) is 0 Å². The molecule has 88 valence electrons. The Kier molecular flexibility index (Phi) is 1.80. The number of rotatable bonds is 0. The minimum absolute atomic E-state index is 0.470. The van der Waals surface area contributed by atoms with Crippen LogP contribution >= 0.6 is 0 Å². The Morgan fingerprint density at radius 1 is 0.529 bits per heavy atom. The van der Waals surface area contributed by atoms with Crippen molar-refractivity contribution >= 4 is 0 Å². The van der Waals surface area contributed by atoms with Crippen LogP contribution in [0.2, 0.25) is 0 Å². The van der Waals surface area contributed by atoms with E-state index in [1.807, 2.05) is 0 Å². The van der Waals surface area contributed by atoms with Crippen LogP contribution < -0.4 is 0 Å². The zero-order valence-electron chi connectivity index (χ0n) is 7.97. The summed E-state index contributed by atoms with van der Waals surface area (Å²) < 4.78 is 79.2. The number of hydrogen-bond donors (Lipinski definition) is 0. The number of fused-ring (bicyclic) bond motifs is 2. The smallest absolute Gasteiger partial charge is 0.195 e. The molecule has 0 amide bonds. The van der Waals surface area contributed by atoms with Crippen molar-refractivity contribution in [1.82, 2.24) is 0 Å². The summed E-state index contributed by atoms with van der Waals surface area (Å²) in [7, 11) is 0. The molecule has 0 spiro atoms. The van der Waals surface area contributed by atoms with Crippen LogP contribution in [0.1, 0.15) is 6.42 Å². The third-order valence-electron chi connectivity index (χ3n) is 2.90. The highest BCUT2D eigenvalue weighted by atomic mass is 19.2. The molecule has 0 aromatic heterocycles. The second kappa shape index (κ2) is 2.94. The highest BCUT2D eigenvalue weighted by Gasteiger charge is 2.46. The van der Waals surface area contributed by atoms with Crippen molar-refractivity contribution in [3.05, 3.63) is 57.3 Å². The lowest BCUT2D eigenvalue weighted by atomic mass is 10.1. The van der Waals surface area contributed by atoms with Gasteiger partial charge in [0.2, 0.25) is 0 Å². The molecule has 3 rings (SSSR count). The predicted octanol–water partition coefficient (Wildman–Crippen LogP) is 4.46. The summed E-state index contributed by atoms with van der Waals surface area (Å²) in [5.41, 5.74) is -3.00. The summed E-state index contributed by atoms with van der Waals surface area (Å²) in [4.78, 5) is 0. The molecule has 0 heterocycles. The molecule has 0 bridgehead atoms. The summed E-state index contributed by atoms with van der Waals surface area (Å²) in [5, 5.41) is 0. The fourth-order valence-corrected chi connectivity index (χ4v) is 2.16. The van der Waals surface area contributed by atoms with Gasteiger partial charge in [-0.05, 0) is 0 Å². The first-order valence-corrected chi connectivity index (χ1v) is 4.59. The Hall–Kier alpha value is -1.72. The van der Waals surface area contributed by atoms with E-state index in [4.69, 9.17) is 0 Å². The van der Waals surface area contributed by atoms with E-state index in [1.165, 1.54) is 0 Å². The maximum atomic E-state index is 13.6. The second-order valence-corrected chi connectivity index (χ2v) is 3.76. The minimum Gasteiger partial charge on any atom is -0.208 e. The maximum absolute atomic E-state index is 13.6. The Labute approximate surface area is 90.9 Å². The number of hydrogen-bond acceptors (Lipinski definition) is 0. The molecule has 3 aliphatic carbocycles. The standard InChI is InChI=1S/C11H2F6/c12-3-1-2-4(8(3)14)5-6(7(2)13)10(16)11(17)9(5)15/h1H2. The van der Waals surface area contributed by atoms with Gasteiger partial charge in [0.15, 0.2) is 23.3 Å². The molecule has 3 aliphatic rings. The van der Waals surface area contributed by atoms with E-state index in [-0.39, 0.29) is 0 Å². The van der Waals surface area contributed by atoms with E-state index in [1.54, 1.807) is 0 Å². The molecule has 0 aliphatic heterocycles. The van der Waals surface area contributed by atoms with Crippen molar-refractivity contribution in [2.45, 2.75) is 6.42 Å². The normalized spacial score (nSPS) is 23.6. The van der Waals surface area contributed by atoms with Gasteiger partial charge in [-0.3, -0.25) is 0 Å². The molecule has 0 nitrogen and oxygen atoms in total. The summed E-state index contributed by atoms with van der Waals surface area (Å²) >= 11 is 0. The van der Waals surface area contributed by atoms with Crippen molar-refractivity contribution in [3.63, 3.8) is 0 Å². The molecule has 6 heteroatoms. The lowest BCUT2D eigenvalue weighted by Crippen LogP contribution is -1.89. The van der Waals surface area contributed by atoms with Crippen molar-refractivity contribution in [2.75, 3.05) is 0 Å². The zero-order valence-corrected chi connectivity index (χ0v) is 7.97. The van der Waals surface area contributed by atoms with Crippen molar-refractivity contribution in [1.29, 1.82) is 0 Å². The molecule has 0 radical (unpaired) electrons. The van der Waals surface area contributed by atoms with Gasteiger partial charge in [-0.25, -0.2) is 26.3 Å². The number of halogens is 6. The van der Waals surface area contributed by atoms with Gasteiger partial charge in [0.05, 0.1) is 5.57 Å². The average molecular weight is 248 g/mol. The highest BCUT2D eigenvalue weighted by Crippen LogP contribution is 2.57. The molecule has 0 aromatic carbocycles. The third kappa shape index (κ3) is 1.01. The van der Waals surface area contributed by atoms with Crippen LogP contribution in [0, 0.1) is 0 Å².